The fourth-order valence-corrected chi connectivity index (χ4v) is 1.49. The standard InChI is InChI=1S/C10H13FO3S/c11-7-2-1-6(4-12)8(3-7)10(14)9(13)5-15/h1-3,9-10,12-15H,4-5H2. The summed E-state index contributed by atoms with van der Waals surface area (Å²) in [5.74, 6) is -0.463. The Labute approximate surface area is 92.6 Å². The molecule has 0 aliphatic carbocycles. The topological polar surface area (TPSA) is 60.7 Å². The summed E-state index contributed by atoms with van der Waals surface area (Å²) in [4.78, 5) is 0. The Hall–Kier alpha value is -0.620. The molecule has 15 heavy (non-hydrogen) atoms. The van der Waals surface area contributed by atoms with Crippen LogP contribution in [0.25, 0.3) is 0 Å². The fourth-order valence-electron chi connectivity index (χ4n) is 1.29. The molecule has 2 atom stereocenters. The van der Waals surface area contributed by atoms with Gasteiger partial charge in [-0.15, -0.1) is 0 Å². The first-order valence-electron chi connectivity index (χ1n) is 4.46. The van der Waals surface area contributed by atoms with Gasteiger partial charge in [-0.2, -0.15) is 12.6 Å². The zero-order valence-corrected chi connectivity index (χ0v) is 8.86. The van der Waals surface area contributed by atoms with Crippen LogP contribution < -0.4 is 0 Å². The molecule has 0 spiro atoms. The third kappa shape index (κ3) is 2.92. The van der Waals surface area contributed by atoms with E-state index in [2.05, 4.69) is 12.6 Å². The quantitative estimate of drug-likeness (QED) is 0.576. The lowest BCUT2D eigenvalue weighted by molar-refractivity contribution is 0.0323. The van der Waals surface area contributed by atoms with Gasteiger partial charge in [-0.3, -0.25) is 0 Å². The maximum atomic E-state index is 12.9. The number of rotatable bonds is 4. The number of thiol groups is 1. The summed E-state index contributed by atoms with van der Waals surface area (Å²) in [5.41, 5.74) is 0.587. The van der Waals surface area contributed by atoms with Crippen molar-refractivity contribution >= 4 is 12.6 Å². The van der Waals surface area contributed by atoms with Crippen molar-refractivity contribution in [3.8, 4) is 0 Å². The predicted octanol–water partition coefficient (Wildman–Crippen LogP) is 0.642. The molecule has 0 saturated heterocycles. The number of hydrogen-bond acceptors (Lipinski definition) is 4. The summed E-state index contributed by atoms with van der Waals surface area (Å²) >= 11 is 3.83. The molecular formula is C10H13FO3S. The van der Waals surface area contributed by atoms with Gasteiger partial charge in [-0.05, 0) is 23.3 Å². The first-order valence-corrected chi connectivity index (χ1v) is 5.09. The monoisotopic (exact) mass is 232 g/mol. The lowest BCUT2D eigenvalue weighted by Gasteiger charge is -2.18. The number of halogens is 1. The first kappa shape index (κ1) is 12.4. The molecule has 0 bridgehead atoms. The summed E-state index contributed by atoms with van der Waals surface area (Å²) in [6, 6.07) is 3.66. The second kappa shape index (κ2) is 5.46. The summed E-state index contributed by atoms with van der Waals surface area (Å²) in [5, 5.41) is 28.0. The molecule has 0 radical (unpaired) electrons. The molecule has 2 unspecified atom stereocenters. The smallest absolute Gasteiger partial charge is 0.123 e. The summed E-state index contributed by atoms with van der Waals surface area (Å²) in [6.45, 7) is -0.314. The molecule has 0 aromatic heterocycles. The molecule has 0 heterocycles. The van der Waals surface area contributed by atoms with Gasteiger partial charge in [-0.1, -0.05) is 6.07 Å². The number of aliphatic hydroxyl groups excluding tert-OH is 3. The van der Waals surface area contributed by atoms with Gasteiger partial charge >= 0.3 is 0 Å². The first-order chi connectivity index (χ1) is 7.10. The van der Waals surface area contributed by atoms with Gasteiger partial charge in [0.1, 0.15) is 11.9 Å². The van der Waals surface area contributed by atoms with E-state index in [1.807, 2.05) is 0 Å². The Morgan fingerprint density at radius 3 is 2.53 bits per heavy atom. The highest BCUT2D eigenvalue weighted by Crippen LogP contribution is 2.23. The van der Waals surface area contributed by atoms with Crippen LogP contribution in [-0.4, -0.2) is 27.2 Å². The Kier molecular flexibility index (Phi) is 4.53. The van der Waals surface area contributed by atoms with Crippen LogP contribution in [0.15, 0.2) is 18.2 Å². The molecule has 3 nitrogen and oxygen atoms in total. The molecule has 0 amide bonds. The van der Waals surface area contributed by atoms with Crippen LogP contribution in [0.2, 0.25) is 0 Å². The summed E-state index contributed by atoms with van der Waals surface area (Å²) in [7, 11) is 0. The SMILES string of the molecule is OCc1ccc(F)cc1C(O)C(O)CS. The third-order valence-electron chi connectivity index (χ3n) is 2.15. The number of aliphatic hydroxyl groups is 3. The zero-order chi connectivity index (χ0) is 11.4. The van der Waals surface area contributed by atoms with Gasteiger partial charge in [0.2, 0.25) is 0 Å². The molecule has 1 rings (SSSR count). The molecular weight excluding hydrogens is 219 g/mol. The largest absolute Gasteiger partial charge is 0.392 e. The van der Waals surface area contributed by atoms with Gasteiger partial charge < -0.3 is 15.3 Å². The van der Waals surface area contributed by atoms with Crippen molar-refractivity contribution in [1.82, 2.24) is 0 Å². The van der Waals surface area contributed by atoms with Crippen LogP contribution in [-0.2, 0) is 6.61 Å². The average Bonchev–Trinajstić information content (AvgIpc) is 2.27. The highest BCUT2D eigenvalue weighted by Gasteiger charge is 2.20. The molecule has 5 heteroatoms. The summed E-state index contributed by atoms with van der Waals surface area (Å²) < 4.78 is 12.9. The molecule has 0 aliphatic rings. The molecule has 0 aliphatic heterocycles. The van der Waals surface area contributed by atoms with Crippen molar-refractivity contribution in [2.75, 3.05) is 5.75 Å². The van der Waals surface area contributed by atoms with Crippen LogP contribution in [0.5, 0.6) is 0 Å². The minimum Gasteiger partial charge on any atom is -0.392 e. The van der Waals surface area contributed by atoms with E-state index in [0.29, 0.717) is 5.56 Å². The molecule has 84 valence electrons. The van der Waals surface area contributed by atoms with E-state index in [-0.39, 0.29) is 17.9 Å². The third-order valence-corrected chi connectivity index (χ3v) is 2.52. The van der Waals surface area contributed by atoms with Crippen LogP contribution >= 0.6 is 12.6 Å². The van der Waals surface area contributed by atoms with Crippen LogP contribution in [0, 0.1) is 5.82 Å². The molecule has 1 aromatic rings. The van der Waals surface area contributed by atoms with E-state index < -0.39 is 18.0 Å². The number of hydrogen-bond donors (Lipinski definition) is 4. The van der Waals surface area contributed by atoms with Gasteiger partial charge in [0, 0.05) is 5.75 Å². The lowest BCUT2D eigenvalue weighted by atomic mass is 9.99. The van der Waals surface area contributed by atoms with Crippen molar-refractivity contribution in [1.29, 1.82) is 0 Å². The average molecular weight is 232 g/mol. The van der Waals surface area contributed by atoms with Crippen LogP contribution in [0.3, 0.4) is 0 Å². The highest BCUT2D eigenvalue weighted by molar-refractivity contribution is 7.80. The van der Waals surface area contributed by atoms with Crippen molar-refractivity contribution in [3.63, 3.8) is 0 Å². The molecule has 0 fully saturated rings. The number of benzene rings is 1. The second-order valence-corrected chi connectivity index (χ2v) is 3.56. The van der Waals surface area contributed by atoms with E-state index in [1.165, 1.54) is 12.1 Å². The van der Waals surface area contributed by atoms with Crippen molar-refractivity contribution in [3.05, 3.63) is 35.1 Å². The predicted molar refractivity (Wildman–Crippen MR) is 57.1 cm³/mol. The van der Waals surface area contributed by atoms with Crippen LogP contribution in [0.1, 0.15) is 17.2 Å². The minimum atomic E-state index is -1.24. The van der Waals surface area contributed by atoms with Gasteiger partial charge in [-0.25, -0.2) is 4.39 Å². The zero-order valence-electron chi connectivity index (χ0n) is 7.97. The molecule has 0 saturated carbocycles. The highest BCUT2D eigenvalue weighted by atomic mass is 32.1. The van der Waals surface area contributed by atoms with E-state index >= 15 is 0 Å². The Balaban J connectivity index is 3.05. The Bertz CT molecular complexity index is 332. The maximum absolute atomic E-state index is 12.9. The molecule has 1 aromatic carbocycles. The second-order valence-electron chi connectivity index (χ2n) is 3.20. The van der Waals surface area contributed by atoms with Gasteiger partial charge in [0.25, 0.3) is 0 Å². The fraction of sp³-hybridized carbons (Fsp3) is 0.400. The minimum absolute atomic E-state index is 0.0581. The van der Waals surface area contributed by atoms with E-state index in [4.69, 9.17) is 5.11 Å². The Morgan fingerprint density at radius 2 is 2.00 bits per heavy atom. The van der Waals surface area contributed by atoms with E-state index in [1.54, 1.807) is 0 Å². The maximum Gasteiger partial charge on any atom is 0.123 e. The van der Waals surface area contributed by atoms with Crippen molar-refractivity contribution < 1.29 is 19.7 Å². The van der Waals surface area contributed by atoms with E-state index in [9.17, 15) is 14.6 Å². The normalized spacial score (nSPS) is 15.0. The van der Waals surface area contributed by atoms with Crippen molar-refractivity contribution in [2.45, 2.75) is 18.8 Å². The molecule has 3 N–H and O–H groups in total. The van der Waals surface area contributed by atoms with Crippen molar-refractivity contribution in [2.24, 2.45) is 0 Å². The summed E-state index contributed by atoms with van der Waals surface area (Å²) in [6.07, 6.45) is -2.32. The Morgan fingerprint density at radius 1 is 1.33 bits per heavy atom. The van der Waals surface area contributed by atoms with E-state index in [0.717, 1.165) is 6.07 Å². The lowest BCUT2D eigenvalue weighted by Crippen LogP contribution is -2.21. The van der Waals surface area contributed by atoms with Gasteiger partial charge in [0.15, 0.2) is 0 Å². The van der Waals surface area contributed by atoms with Crippen LogP contribution in [0.4, 0.5) is 4.39 Å². The van der Waals surface area contributed by atoms with Gasteiger partial charge in [0.05, 0.1) is 12.7 Å².